The molecular formula is C33H41F2N5O4. The molecule has 1 saturated carbocycles. The molecule has 2 aromatic heterocycles. The number of carbonyl (C=O) groups excluding carboxylic acids is 2. The van der Waals surface area contributed by atoms with Gasteiger partial charge in [0.2, 0.25) is 0 Å². The molecule has 2 aliphatic carbocycles. The average molecular weight is 610 g/mol. The van der Waals surface area contributed by atoms with Crippen LogP contribution >= 0.6 is 0 Å². The Morgan fingerprint density at radius 2 is 1.95 bits per heavy atom. The maximum absolute atomic E-state index is 14.9. The number of nitrogens with zero attached hydrogens (tertiary/aromatic N) is 4. The molecule has 11 heteroatoms. The number of halogens is 2. The number of carbonyl (C=O) groups is 2. The second-order valence-corrected chi connectivity index (χ2v) is 14.3. The van der Waals surface area contributed by atoms with E-state index in [2.05, 4.69) is 4.98 Å². The number of benzene rings is 1. The van der Waals surface area contributed by atoms with E-state index < -0.39 is 22.9 Å². The summed E-state index contributed by atoms with van der Waals surface area (Å²) >= 11 is 0. The summed E-state index contributed by atoms with van der Waals surface area (Å²) in [6, 6.07) is 7.36. The number of aromatic nitrogens is 3. The van der Waals surface area contributed by atoms with Crippen molar-refractivity contribution in [2.45, 2.75) is 90.5 Å². The SMILES string of the molecule is C[C@@H]1CN(C(=O)c2ccc3cc(-c4nn(C5CCCCO5)c5c4C[C@@H]4C(F)(F)[C@]4(C)C5)[nH]c3c2)CCN1C(=O)OC(C)(C)C. The van der Waals surface area contributed by atoms with Gasteiger partial charge in [0.15, 0.2) is 0 Å². The lowest BCUT2D eigenvalue weighted by Gasteiger charge is -2.40. The van der Waals surface area contributed by atoms with Gasteiger partial charge in [0.05, 0.1) is 5.69 Å². The summed E-state index contributed by atoms with van der Waals surface area (Å²) < 4.78 is 43.3. The van der Waals surface area contributed by atoms with Crippen molar-refractivity contribution in [3.8, 4) is 11.4 Å². The van der Waals surface area contributed by atoms with Crippen LogP contribution in [0.2, 0.25) is 0 Å². The highest BCUT2D eigenvalue weighted by molar-refractivity contribution is 5.99. The molecule has 2 saturated heterocycles. The van der Waals surface area contributed by atoms with E-state index in [4.69, 9.17) is 14.6 Å². The summed E-state index contributed by atoms with van der Waals surface area (Å²) in [5.74, 6) is -3.48. The summed E-state index contributed by atoms with van der Waals surface area (Å²) in [4.78, 5) is 33.1. The number of nitrogens with one attached hydrogen (secondary N) is 1. The highest BCUT2D eigenvalue weighted by Crippen LogP contribution is 2.70. The molecule has 0 radical (unpaired) electrons. The van der Waals surface area contributed by atoms with Crippen LogP contribution in [-0.2, 0) is 22.3 Å². The monoisotopic (exact) mass is 609 g/mol. The molecule has 4 atom stereocenters. The van der Waals surface area contributed by atoms with E-state index in [9.17, 15) is 18.4 Å². The fraction of sp³-hybridized carbons (Fsp3) is 0.606. The highest BCUT2D eigenvalue weighted by Gasteiger charge is 2.78. The number of aromatic amines is 1. The molecular weight excluding hydrogens is 568 g/mol. The fourth-order valence-corrected chi connectivity index (χ4v) is 7.40. The first-order chi connectivity index (χ1) is 20.8. The minimum Gasteiger partial charge on any atom is -0.444 e. The van der Waals surface area contributed by atoms with E-state index in [1.807, 2.05) is 56.6 Å². The number of H-pyrrole nitrogens is 1. The summed E-state index contributed by atoms with van der Waals surface area (Å²) in [5.41, 5.74) is 2.88. The number of fused-ring (bicyclic) bond motifs is 3. The smallest absolute Gasteiger partial charge is 0.410 e. The van der Waals surface area contributed by atoms with Gasteiger partial charge >= 0.3 is 6.09 Å². The molecule has 1 unspecified atom stereocenters. The molecule has 2 amide bonds. The Bertz CT molecular complexity index is 1630. The number of hydrogen-bond acceptors (Lipinski definition) is 5. The second kappa shape index (κ2) is 10.0. The van der Waals surface area contributed by atoms with E-state index in [-0.39, 0.29) is 37.1 Å². The molecule has 3 aromatic rings. The Hall–Kier alpha value is -3.47. The zero-order valence-electron chi connectivity index (χ0n) is 26.1. The first-order valence-corrected chi connectivity index (χ1v) is 15.8. The van der Waals surface area contributed by atoms with Crippen LogP contribution in [0.15, 0.2) is 24.3 Å². The van der Waals surface area contributed by atoms with Gasteiger partial charge in [-0.15, -0.1) is 0 Å². The lowest BCUT2D eigenvalue weighted by molar-refractivity contribution is -0.0418. The van der Waals surface area contributed by atoms with E-state index in [1.54, 1.807) is 16.7 Å². The van der Waals surface area contributed by atoms with Crippen molar-refractivity contribution in [1.82, 2.24) is 24.6 Å². The topological polar surface area (TPSA) is 92.7 Å². The van der Waals surface area contributed by atoms with Gasteiger partial charge in [-0.05, 0) is 71.6 Å². The zero-order chi connectivity index (χ0) is 31.2. The third-order valence-electron chi connectivity index (χ3n) is 10.0. The Morgan fingerprint density at radius 1 is 1.16 bits per heavy atom. The molecule has 236 valence electrons. The molecule has 3 fully saturated rings. The van der Waals surface area contributed by atoms with Crippen LogP contribution in [0.4, 0.5) is 13.6 Å². The van der Waals surface area contributed by atoms with Crippen molar-refractivity contribution >= 4 is 22.9 Å². The lowest BCUT2D eigenvalue weighted by Crippen LogP contribution is -2.56. The van der Waals surface area contributed by atoms with Gasteiger partial charge < -0.3 is 24.3 Å². The normalized spacial score (nSPS) is 28.0. The number of amides is 2. The maximum Gasteiger partial charge on any atom is 0.410 e. The Balaban J connectivity index is 1.14. The molecule has 4 aliphatic rings. The molecule has 7 rings (SSSR count). The molecule has 0 bridgehead atoms. The molecule has 44 heavy (non-hydrogen) atoms. The van der Waals surface area contributed by atoms with Crippen molar-refractivity contribution in [2.75, 3.05) is 26.2 Å². The molecule has 1 N–H and O–H groups in total. The van der Waals surface area contributed by atoms with Crippen LogP contribution in [0.25, 0.3) is 22.3 Å². The van der Waals surface area contributed by atoms with Gasteiger partial charge in [0, 0.05) is 77.8 Å². The summed E-state index contributed by atoms with van der Waals surface area (Å²) in [6.07, 6.45) is 2.78. The third kappa shape index (κ3) is 4.69. The van der Waals surface area contributed by atoms with Crippen LogP contribution < -0.4 is 0 Å². The number of hydrogen-bond donors (Lipinski definition) is 1. The van der Waals surface area contributed by atoms with Gasteiger partial charge in [-0.3, -0.25) is 4.79 Å². The van der Waals surface area contributed by atoms with Gasteiger partial charge in [-0.25, -0.2) is 18.3 Å². The van der Waals surface area contributed by atoms with Crippen LogP contribution in [0.3, 0.4) is 0 Å². The first-order valence-electron chi connectivity index (χ1n) is 15.8. The van der Waals surface area contributed by atoms with Crippen molar-refractivity contribution in [1.29, 1.82) is 0 Å². The van der Waals surface area contributed by atoms with Crippen LogP contribution in [-0.4, -0.2) is 80.4 Å². The molecule has 2 aliphatic heterocycles. The van der Waals surface area contributed by atoms with Crippen LogP contribution in [0, 0.1) is 11.3 Å². The van der Waals surface area contributed by atoms with Gasteiger partial charge in [0.25, 0.3) is 11.8 Å². The molecule has 1 aromatic carbocycles. The molecule has 9 nitrogen and oxygen atoms in total. The highest BCUT2D eigenvalue weighted by atomic mass is 19.3. The maximum atomic E-state index is 14.9. The number of rotatable bonds is 3. The van der Waals surface area contributed by atoms with Crippen molar-refractivity contribution in [3.63, 3.8) is 0 Å². The van der Waals surface area contributed by atoms with Gasteiger partial charge in [-0.1, -0.05) is 13.0 Å². The molecule has 4 heterocycles. The second-order valence-electron chi connectivity index (χ2n) is 14.3. The van der Waals surface area contributed by atoms with E-state index in [0.717, 1.165) is 47.1 Å². The quantitative estimate of drug-likeness (QED) is 0.383. The van der Waals surface area contributed by atoms with E-state index in [0.29, 0.717) is 37.5 Å². The van der Waals surface area contributed by atoms with Gasteiger partial charge in [-0.2, -0.15) is 5.10 Å². The Morgan fingerprint density at radius 3 is 2.66 bits per heavy atom. The minimum atomic E-state index is -2.69. The zero-order valence-corrected chi connectivity index (χ0v) is 26.1. The number of piperazine rings is 1. The van der Waals surface area contributed by atoms with E-state index in [1.165, 1.54) is 0 Å². The van der Waals surface area contributed by atoms with Crippen molar-refractivity contribution in [3.05, 3.63) is 41.1 Å². The predicted molar refractivity (Wildman–Crippen MR) is 161 cm³/mol. The lowest BCUT2D eigenvalue weighted by atomic mass is 9.87. The van der Waals surface area contributed by atoms with E-state index >= 15 is 0 Å². The molecule has 0 spiro atoms. The minimum absolute atomic E-state index is 0.106. The van der Waals surface area contributed by atoms with Gasteiger partial charge in [0.1, 0.15) is 17.5 Å². The Labute approximate surface area is 255 Å². The average Bonchev–Trinajstić information content (AvgIpc) is 3.33. The third-order valence-corrected chi connectivity index (χ3v) is 10.0. The largest absolute Gasteiger partial charge is 0.444 e. The number of ether oxygens (including phenoxy) is 2. The summed E-state index contributed by atoms with van der Waals surface area (Å²) in [7, 11) is 0. The Kier molecular flexibility index (Phi) is 6.66. The van der Waals surface area contributed by atoms with Crippen molar-refractivity contribution < 1.29 is 27.8 Å². The van der Waals surface area contributed by atoms with Crippen molar-refractivity contribution in [2.24, 2.45) is 11.3 Å². The number of alkyl halides is 2. The standard InChI is InChI=1S/C33H41F2N5O4/c1-19-18-38(11-12-39(19)30(42)44-31(2,3)4)29(41)21-10-9-20-14-24(36-23(20)15-21)28-22-16-26-32(5,33(26,34)35)17-25(22)40(37-28)27-8-6-7-13-43-27/h9-10,14-15,19,26-27,36H,6-8,11-13,16-18H2,1-5H3/t19-,26+,27?,32-/m1/s1. The predicted octanol–water partition coefficient (Wildman–Crippen LogP) is 6.18. The summed E-state index contributed by atoms with van der Waals surface area (Å²) in [5, 5.41) is 5.91. The van der Waals surface area contributed by atoms with Crippen LogP contribution in [0.1, 0.15) is 81.7 Å². The summed E-state index contributed by atoms with van der Waals surface area (Å²) in [6.45, 7) is 11.0. The fourth-order valence-electron chi connectivity index (χ4n) is 7.40. The van der Waals surface area contributed by atoms with Crippen LogP contribution in [0.5, 0.6) is 0 Å². The first kappa shape index (κ1) is 29.3.